The van der Waals surface area contributed by atoms with Crippen LogP contribution in [-0.2, 0) is 9.53 Å². The Morgan fingerprint density at radius 2 is 2.08 bits per heavy atom. The van der Waals surface area contributed by atoms with Gasteiger partial charge < -0.3 is 4.74 Å². The first kappa shape index (κ1) is 12.9. The summed E-state index contributed by atoms with van der Waals surface area (Å²) in [6.07, 6.45) is 1.06. The number of nitrogens with zero attached hydrogens (tertiary/aromatic N) is 1. The van der Waals surface area contributed by atoms with Crippen molar-refractivity contribution in [2.24, 2.45) is 0 Å². The molecule has 13 heavy (non-hydrogen) atoms. The van der Waals surface area contributed by atoms with Gasteiger partial charge in [0.05, 0.1) is 13.2 Å². The minimum atomic E-state index is -0.128. The predicted octanol–water partition coefficient (Wildman–Crippen LogP) is 1.66. The third-order valence-electron chi connectivity index (χ3n) is 1.60. The van der Waals surface area contributed by atoms with Crippen LogP contribution in [0, 0.1) is 0 Å². The molecular formula is C9H18BrNO2. The van der Waals surface area contributed by atoms with Gasteiger partial charge in [0, 0.05) is 11.9 Å². The fourth-order valence-electron chi connectivity index (χ4n) is 1.09. The van der Waals surface area contributed by atoms with Gasteiger partial charge in [-0.05, 0) is 19.9 Å². The van der Waals surface area contributed by atoms with E-state index < -0.39 is 0 Å². The number of hydrogen-bond acceptors (Lipinski definition) is 3. The van der Waals surface area contributed by atoms with Crippen LogP contribution in [0.25, 0.3) is 0 Å². The summed E-state index contributed by atoms with van der Waals surface area (Å²) in [7, 11) is 0. The minimum absolute atomic E-state index is 0.128. The van der Waals surface area contributed by atoms with Crippen LogP contribution in [0.15, 0.2) is 0 Å². The van der Waals surface area contributed by atoms with Gasteiger partial charge in [-0.25, -0.2) is 0 Å². The normalized spacial score (nSPS) is 10.5. The molecule has 0 aromatic heterocycles. The van der Waals surface area contributed by atoms with E-state index in [-0.39, 0.29) is 5.97 Å². The van der Waals surface area contributed by atoms with Crippen LogP contribution in [0.2, 0.25) is 0 Å². The quantitative estimate of drug-likeness (QED) is 0.509. The van der Waals surface area contributed by atoms with Crippen molar-refractivity contribution in [2.75, 3.05) is 31.6 Å². The molecule has 0 saturated heterocycles. The maximum atomic E-state index is 11.1. The Morgan fingerprint density at radius 3 is 2.54 bits per heavy atom. The summed E-state index contributed by atoms with van der Waals surface area (Å²) in [5, 5.41) is 0.895. The van der Waals surface area contributed by atoms with Crippen molar-refractivity contribution >= 4 is 21.9 Å². The number of ether oxygens (including phenoxy) is 1. The fourth-order valence-corrected chi connectivity index (χ4v) is 1.60. The number of carbonyl (C=O) groups excluding carboxylic acids is 1. The Kier molecular flexibility index (Phi) is 8.45. The topological polar surface area (TPSA) is 29.5 Å². The van der Waals surface area contributed by atoms with Gasteiger partial charge in [0.25, 0.3) is 0 Å². The molecule has 3 nitrogen and oxygen atoms in total. The Bertz CT molecular complexity index is 136. The zero-order valence-electron chi connectivity index (χ0n) is 8.38. The Labute approximate surface area is 88.6 Å². The lowest BCUT2D eigenvalue weighted by molar-refractivity contribution is -0.144. The molecule has 0 N–H and O–H groups in total. The van der Waals surface area contributed by atoms with Gasteiger partial charge in [0.15, 0.2) is 0 Å². The molecule has 0 aromatic rings. The summed E-state index contributed by atoms with van der Waals surface area (Å²) in [5.74, 6) is -0.128. The first-order valence-corrected chi connectivity index (χ1v) is 5.80. The van der Waals surface area contributed by atoms with E-state index in [4.69, 9.17) is 4.74 Å². The van der Waals surface area contributed by atoms with E-state index in [1.54, 1.807) is 0 Å². The monoisotopic (exact) mass is 251 g/mol. The van der Waals surface area contributed by atoms with Gasteiger partial charge >= 0.3 is 5.97 Å². The van der Waals surface area contributed by atoms with Crippen molar-refractivity contribution in [2.45, 2.75) is 20.3 Å². The van der Waals surface area contributed by atoms with Crippen molar-refractivity contribution < 1.29 is 9.53 Å². The van der Waals surface area contributed by atoms with Crippen LogP contribution in [0.1, 0.15) is 20.3 Å². The summed E-state index contributed by atoms with van der Waals surface area (Å²) in [6.45, 7) is 6.65. The lowest BCUT2D eigenvalue weighted by Crippen LogP contribution is -2.33. The zero-order chi connectivity index (χ0) is 10.1. The van der Waals surface area contributed by atoms with E-state index in [2.05, 4.69) is 27.8 Å². The molecule has 0 bridgehead atoms. The molecule has 0 heterocycles. The molecule has 0 aliphatic carbocycles. The van der Waals surface area contributed by atoms with Gasteiger partial charge in [-0.3, -0.25) is 9.69 Å². The van der Waals surface area contributed by atoms with Crippen molar-refractivity contribution in [1.82, 2.24) is 4.90 Å². The second-order valence-corrected chi connectivity index (χ2v) is 3.56. The molecule has 0 atom stereocenters. The van der Waals surface area contributed by atoms with E-state index in [1.807, 2.05) is 6.92 Å². The number of esters is 1. The second kappa shape index (κ2) is 8.51. The molecule has 0 aromatic carbocycles. The van der Waals surface area contributed by atoms with Crippen LogP contribution in [0.4, 0.5) is 0 Å². The maximum absolute atomic E-state index is 11.1. The van der Waals surface area contributed by atoms with Gasteiger partial charge in [-0.15, -0.1) is 0 Å². The van der Waals surface area contributed by atoms with Crippen LogP contribution in [0.3, 0.4) is 0 Å². The number of alkyl halides is 1. The van der Waals surface area contributed by atoms with E-state index in [1.165, 1.54) is 0 Å². The summed E-state index contributed by atoms with van der Waals surface area (Å²) >= 11 is 3.36. The highest BCUT2D eigenvalue weighted by atomic mass is 79.9. The largest absolute Gasteiger partial charge is 0.465 e. The molecule has 0 rings (SSSR count). The van der Waals surface area contributed by atoms with E-state index in [0.717, 1.165) is 24.8 Å². The van der Waals surface area contributed by atoms with Crippen molar-refractivity contribution in [1.29, 1.82) is 0 Å². The molecule has 4 heteroatoms. The highest BCUT2D eigenvalue weighted by Crippen LogP contribution is 1.94. The summed E-state index contributed by atoms with van der Waals surface area (Å²) in [4.78, 5) is 13.2. The van der Waals surface area contributed by atoms with Gasteiger partial charge in [0.1, 0.15) is 0 Å². The number of hydrogen-bond donors (Lipinski definition) is 0. The number of carbonyl (C=O) groups is 1. The Hall–Kier alpha value is -0.0900. The Morgan fingerprint density at radius 1 is 1.38 bits per heavy atom. The lowest BCUT2D eigenvalue weighted by Gasteiger charge is -2.18. The van der Waals surface area contributed by atoms with Crippen molar-refractivity contribution in [3.8, 4) is 0 Å². The molecular weight excluding hydrogens is 234 g/mol. The SMILES string of the molecule is CCCN(CCBr)CC(=O)OCC. The summed E-state index contributed by atoms with van der Waals surface area (Å²) in [6, 6.07) is 0. The summed E-state index contributed by atoms with van der Waals surface area (Å²) in [5.41, 5.74) is 0. The van der Waals surface area contributed by atoms with Crippen LogP contribution >= 0.6 is 15.9 Å². The maximum Gasteiger partial charge on any atom is 0.320 e. The third-order valence-corrected chi connectivity index (χ3v) is 1.95. The van der Waals surface area contributed by atoms with Crippen LogP contribution in [-0.4, -0.2) is 42.4 Å². The fraction of sp³-hybridized carbons (Fsp3) is 0.889. The molecule has 0 aliphatic rings. The molecule has 78 valence electrons. The molecule has 0 aliphatic heterocycles. The third kappa shape index (κ3) is 7.02. The average Bonchev–Trinajstić information content (AvgIpc) is 2.05. The van der Waals surface area contributed by atoms with Crippen molar-refractivity contribution in [3.63, 3.8) is 0 Å². The smallest absolute Gasteiger partial charge is 0.320 e. The van der Waals surface area contributed by atoms with E-state index in [9.17, 15) is 4.79 Å². The molecule has 0 saturated carbocycles. The molecule has 0 amide bonds. The minimum Gasteiger partial charge on any atom is -0.465 e. The molecule has 0 spiro atoms. The Balaban J connectivity index is 3.71. The van der Waals surface area contributed by atoms with Gasteiger partial charge in [-0.2, -0.15) is 0 Å². The second-order valence-electron chi connectivity index (χ2n) is 2.77. The van der Waals surface area contributed by atoms with Gasteiger partial charge in [0.2, 0.25) is 0 Å². The summed E-state index contributed by atoms with van der Waals surface area (Å²) < 4.78 is 4.87. The first-order valence-electron chi connectivity index (χ1n) is 4.68. The standard InChI is InChI=1S/C9H18BrNO2/c1-3-6-11(7-5-10)8-9(12)13-4-2/h3-8H2,1-2H3. The molecule has 0 unspecified atom stereocenters. The lowest BCUT2D eigenvalue weighted by atomic mass is 10.4. The van der Waals surface area contributed by atoms with Crippen LogP contribution < -0.4 is 0 Å². The number of halogens is 1. The highest BCUT2D eigenvalue weighted by Gasteiger charge is 2.09. The van der Waals surface area contributed by atoms with Crippen molar-refractivity contribution in [3.05, 3.63) is 0 Å². The zero-order valence-corrected chi connectivity index (χ0v) is 9.97. The van der Waals surface area contributed by atoms with E-state index >= 15 is 0 Å². The first-order chi connectivity index (χ1) is 6.24. The molecule has 0 fully saturated rings. The van der Waals surface area contributed by atoms with E-state index in [0.29, 0.717) is 13.2 Å². The van der Waals surface area contributed by atoms with Gasteiger partial charge in [-0.1, -0.05) is 22.9 Å². The average molecular weight is 252 g/mol. The number of rotatable bonds is 7. The highest BCUT2D eigenvalue weighted by molar-refractivity contribution is 9.09. The predicted molar refractivity (Wildman–Crippen MR) is 57.2 cm³/mol. The van der Waals surface area contributed by atoms with Crippen LogP contribution in [0.5, 0.6) is 0 Å². The molecule has 0 radical (unpaired) electrons.